The molecule has 7 heteroatoms. The van der Waals surface area contributed by atoms with Gasteiger partial charge < -0.3 is 9.15 Å². The van der Waals surface area contributed by atoms with Crippen LogP contribution in [0.15, 0.2) is 27.4 Å². The average Bonchev–Trinajstić information content (AvgIpc) is 2.43. The van der Waals surface area contributed by atoms with Crippen LogP contribution in [0.1, 0.15) is 6.42 Å². The van der Waals surface area contributed by atoms with Gasteiger partial charge in [-0.25, -0.2) is 4.79 Å². The van der Waals surface area contributed by atoms with E-state index in [0.29, 0.717) is 11.8 Å². The predicted molar refractivity (Wildman–Crippen MR) is 73.1 cm³/mol. The topological polar surface area (TPSA) is 82.6 Å². The molecule has 1 heterocycles. The van der Waals surface area contributed by atoms with Crippen LogP contribution in [0.2, 0.25) is 5.02 Å². The van der Waals surface area contributed by atoms with Crippen LogP contribution in [-0.4, -0.2) is 11.5 Å². The number of rotatable bonds is 4. The van der Waals surface area contributed by atoms with Gasteiger partial charge in [-0.05, 0) is 6.07 Å². The smallest absolute Gasteiger partial charge is 0.346 e. The van der Waals surface area contributed by atoms with E-state index in [-0.39, 0.29) is 28.6 Å². The lowest BCUT2D eigenvalue weighted by Gasteiger charge is -2.06. The van der Waals surface area contributed by atoms with Crippen LogP contribution >= 0.6 is 11.6 Å². The van der Waals surface area contributed by atoms with Crippen molar-refractivity contribution >= 4 is 28.1 Å². The van der Waals surface area contributed by atoms with E-state index in [1.54, 1.807) is 0 Å². The molecule has 0 fully saturated rings. The number of halogens is 1. The van der Waals surface area contributed by atoms with Crippen molar-refractivity contribution < 1.29 is 14.1 Å². The van der Waals surface area contributed by atoms with Gasteiger partial charge in [-0.2, -0.15) is 0 Å². The van der Waals surface area contributed by atoms with Crippen molar-refractivity contribution in [2.24, 2.45) is 0 Å². The molecule has 0 radical (unpaired) electrons. The Morgan fingerprint density at radius 2 is 2.20 bits per heavy atom. The van der Waals surface area contributed by atoms with Crippen LogP contribution in [0, 0.1) is 22.5 Å². The van der Waals surface area contributed by atoms with E-state index in [2.05, 4.69) is 5.92 Å². The van der Waals surface area contributed by atoms with Crippen molar-refractivity contribution in [3.05, 3.63) is 43.8 Å². The standard InChI is InChI=1S/C13H8ClNO5/c1-2-3-6-19-13-11(14)9-5-4-8(15(17)18)7-10(9)12(16)20-13/h1,4-5,7H,3,6H2. The highest BCUT2D eigenvalue weighted by molar-refractivity contribution is 6.36. The Hall–Kier alpha value is -2.52. The van der Waals surface area contributed by atoms with Crippen molar-refractivity contribution in [1.82, 2.24) is 0 Å². The quantitative estimate of drug-likeness (QED) is 0.374. The number of nitro benzene ring substituents is 1. The van der Waals surface area contributed by atoms with Gasteiger partial charge in [-0.1, -0.05) is 11.6 Å². The Morgan fingerprint density at radius 1 is 1.45 bits per heavy atom. The molecule has 0 saturated carbocycles. The zero-order chi connectivity index (χ0) is 14.7. The molecule has 0 aliphatic heterocycles. The van der Waals surface area contributed by atoms with Crippen molar-refractivity contribution in [2.45, 2.75) is 6.42 Å². The number of fused-ring (bicyclic) bond motifs is 1. The van der Waals surface area contributed by atoms with Crippen molar-refractivity contribution in [1.29, 1.82) is 0 Å². The third-order valence-electron chi connectivity index (χ3n) is 2.51. The fourth-order valence-corrected chi connectivity index (χ4v) is 1.85. The third kappa shape index (κ3) is 2.58. The van der Waals surface area contributed by atoms with Crippen LogP contribution in [0.25, 0.3) is 10.8 Å². The molecule has 0 aliphatic rings. The molecule has 2 aromatic rings. The van der Waals surface area contributed by atoms with Gasteiger partial charge in [0, 0.05) is 23.9 Å². The maximum absolute atomic E-state index is 11.8. The van der Waals surface area contributed by atoms with Crippen molar-refractivity contribution in [3.8, 4) is 18.3 Å². The first kappa shape index (κ1) is 13.9. The molecule has 102 valence electrons. The number of hydrogen-bond donors (Lipinski definition) is 0. The molecule has 0 amide bonds. The highest BCUT2D eigenvalue weighted by Crippen LogP contribution is 2.32. The highest BCUT2D eigenvalue weighted by Gasteiger charge is 2.16. The number of non-ortho nitro benzene ring substituents is 1. The van der Waals surface area contributed by atoms with Gasteiger partial charge in [-0.3, -0.25) is 10.1 Å². The summed E-state index contributed by atoms with van der Waals surface area (Å²) in [4.78, 5) is 21.9. The van der Waals surface area contributed by atoms with E-state index >= 15 is 0 Å². The van der Waals surface area contributed by atoms with Gasteiger partial charge in [0.1, 0.15) is 11.6 Å². The second-order valence-corrected chi connectivity index (χ2v) is 4.16. The summed E-state index contributed by atoms with van der Waals surface area (Å²) >= 11 is 6.05. The number of nitrogens with zero attached hydrogens (tertiary/aromatic N) is 1. The molecule has 0 N–H and O–H groups in total. The molecule has 0 unspecified atom stereocenters. The maximum Gasteiger partial charge on any atom is 0.346 e. The number of ether oxygens (including phenoxy) is 1. The zero-order valence-corrected chi connectivity index (χ0v) is 10.8. The zero-order valence-electron chi connectivity index (χ0n) is 10.1. The lowest BCUT2D eigenvalue weighted by molar-refractivity contribution is -0.384. The van der Waals surface area contributed by atoms with Gasteiger partial charge in [-0.15, -0.1) is 12.3 Å². The summed E-state index contributed by atoms with van der Waals surface area (Å²) < 4.78 is 10.1. The normalized spacial score (nSPS) is 10.2. The summed E-state index contributed by atoms with van der Waals surface area (Å²) in [6, 6.07) is 3.73. The Labute approximate surface area is 118 Å². The molecule has 6 nitrogen and oxygen atoms in total. The molecule has 0 bridgehead atoms. The summed E-state index contributed by atoms with van der Waals surface area (Å²) in [5.74, 6) is 2.22. The second-order valence-electron chi connectivity index (χ2n) is 3.78. The monoisotopic (exact) mass is 293 g/mol. The number of hydrogen-bond acceptors (Lipinski definition) is 5. The SMILES string of the molecule is C#CCCOc1oc(=O)c2cc([N+](=O)[O-])ccc2c1Cl. The summed E-state index contributed by atoms with van der Waals surface area (Å²) in [6.45, 7) is 0.150. The minimum absolute atomic E-state index is 0.0218. The van der Waals surface area contributed by atoms with Gasteiger partial charge >= 0.3 is 11.6 Å². The maximum atomic E-state index is 11.8. The van der Waals surface area contributed by atoms with Gasteiger partial charge in [0.15, 0.2) is 0 Å². The first-order valence-corrected chi connectivity index (χ1v) is 5.89. The molecule has 2 rings (SSSR count). The molecule has 0 atom stereocenters. The van der Waals surface area contributed by atoms with Crippen LogP contribution < -0.4 is 10.4 Å². The molecule has 1 aromatic heterocycles. The Bertz CT molecular complexity index is 775. The average molecular weight is 294 g/mol. The predicted octanol–water partition coefficient (Wildman–Crippen LogP) is 2.76. The number of terminal acetylenes is 1. The van der Waals surface area contributed by atoms with E-state index < -0.39 is 10.5 Å². The lowest BCUT2D eigenvalue weighted by Crippen LogP contribution is -2.05. The minimum atomic E-state index is -0.760. The van der Waals surface area contributed by atoms with Gasteiger partial charge in [0.05, 0.1) is 10.3 Å². The van der Waals surface area contributed by atoms with E-state index in [1.165, 1.54) is 12.1 Å². The second kappa shape index (κ2) is 5.63. The molecule has 0 spiro atoms. The van der Waals surface area contributed by atoms with Crippen LogP contribution in [0.3, 0.4) is 0 Å². The van der Waals surface area contributed by atoms with E-state index in [4.69, 9.17) is 27.2 Å². The fourth-order valence-electron chi connectivity index (χ4n) is 1.60. The van der Waals surface area contributed by atoms with E-state index in [9.17, 15) is 14.9 Å². The van der Waals surface area contributed by atoms with Gasteiger partial charge in [0.25, 0.3) is 5.69 Å². The molecular formula is C13H8ClNO5. The first-order chi connectivity index (χ1) is 9.54. The lowest BCUT2D eigenvalue weighted by atomic mass is 10.1. The fraction of sp³-hybridized carbons (Fsp3) is 0.154. The van der Waals surface area contributed by atoms with E-state index in [0.717, 1.165) is 6.07 Å². The Kier molecular flexibility index (Phi) is 3.91. The van der Waals surface area contributed by atoms with Crippen LogP contribution in [-0.2, 0) is 0 Å². The minimum Gasteiger partial charge on any atom is -0.463 e. The molecule has 0 saturated heterocycles. The van der Waals surface area contributed by atoms with Crippen LogP contribution in [0.5, 0.6) is 5.95 Å². The summed E-state index contributed by atoms with van der Waals surface area (Å²) in [6.07, 6.45) is 5.41. The highest BCUT2D eigenvalue weighted by atomic mass is 35.5. The number of benzene rings is 1. The van der Waals surface area contributed by atoms with Crippen molar-refractivity contribution in [3.63, 3.8) is 0 Å². The third-order valence-corrected chi connectivity index (χ3v) is 2.87. The van der Waals surface area contributed by atoms with E-state index in [1.807, 2.05) is 0 Å². The first-order valence-electron chi connectivity index (χ1n) is 5.51. The summed E-state index contributed by atoms with van der Waals surface area (Å²) in [5.41, 5.74) is -0.981. The summed E-state index contributed by atoms with van der Waals surface area (Å²) in [5, 5.41) is 11.1. The van der Waals surface area contributed by atoms with Crippen LogP contribution in [0.4, 0.5) is 5.69 Å². The Morgan fingerprint density at radius 3 is 2.85 bits per heavy atom. The molecular weight excluding hydrogens is 286 g/mol. The Balaban J connectivity index is 2.54. The molecule has 20 heavy (non-hydrogen) atoms. The number of nitro groups is 1. The van der Waals surface area contributed by atoms with Gasteiger partial charge in [0.2, 0.25) is 0 Å². The molecule has 1 aromatic carbocycles. The summed E-state index contributed by atoms with van der Waals surface area (Å²) in [7, 11) is 0. The molecule has 0 aliphatic carbocycles. The van der Waals surface area contributed by atoms with Crippen molar-refractivity contribution in [2.75, 3.05) is 6.61 Å². The largest absolute Gasteiger partial charge is 0.463 e.